The zero-order valence-corrected chi connectivity index (χ0v) is 10.0. The normalized spacial score (nSPS) is 14.5. The van der Waals surface area contributed by atoms with Crippen LogP contribution in [0.3, 0.4) is 0 Å². The molecule has 0 aliphatic heterocycles. The first-order chi connectivity index (χ1) is 7.69. The lowest BCUT2D eigenvalue weighted by Crippen LogP contribution is -2.26. The Bertz CT molecular complexity index is 315. The molecule has 1 aromatic carbocycles. The monoisotopic (exact) mass is 223 g/mol. The summed E-state index contributed by atoms with van der Waals surface area (Å²) in [6, 6.07) is 7.95. The van der Waals surface area contributed by atoms with Crippen LogP contribution in [0.4, 0.5) is 0 Å². The van der Waals surface area contributed by atoms with Crippen LogP contribution in [0.1, 0.15) is 31.7 Å². The van der Waals surface area contributed by atoms with Crippen LogP contribution in [-0.4, -0.2) is 24.4 Å². The number of rotatable bonds is 6. The number of aliphatic hydroxyl groups excluding tert-OH is 1. The summed E-state index contributed by atoms with van der Waals surface area (Å²) >= 11 is 0. The van der Waals surface area contributed by atoms with Gasteiger partial charge in [-0.05, 0) is 24.0 Å². The SMILES string of the molecule is CCC(C)c1ccccc1OCC(O)CN. The van der Waals surface area contributed by atoms with E-state index in [0.29, 0.717) is 5.92 Å². The van der Waals surface area contributed by atoms with Gasteiger partial charge in [0.25, 0.3) is 0 Å². The van der Waals surface area contributed by atoms with Crippen LogP contribution >= 0.6 is 0 Å². The molecule has 0 saturated heterocycles. The van der Waals surface area contributed by atoms with Crippen LogP contribution in [0.5, 0.6) is 5.75 Å². The smallest absolute Gasteiger partial charge is 0.122 e. The summed E-state index contributed by atoms with van der Waals surface area (Å²) in [5.74, 6) is 1.32. The molecule has 0 bridgehead atoms. The van der Waals surface area contributed by atoms with Gasteiger partial charge < -0.3 is 15.6 Å². The summed E-state index contributed by atoms with van der Waals surface area (Å²) in [6.45, 7) is 4.80. The van der Waals surface area contributed by atoms with Gasteiger partial charge in [0, 0.05) is 6.54 Å². The molecule has 0 spiro atoms. The van der Waals surface area contributed by atoms with E-state index >= 15 is 0 Å². The average molecular weight is 223 g/mol. The molecular weight excluding hydrogens is 202 g/mol. The van der Waals surface area contributed by atoms with E-state index in [-0.39, 0.29) is 13.2 Å². The van der Waals surface area contributed by atoms with E-state index in [0.717, 1.165) is 12.2 Å². The molecule has 0 saturated carbocycles. The highest BCUT2D eigenvalue weighted by atomic mass is 16.5. The average Bonchev–Trinajstić information content (AvgIpc) is 2.35. The summed E-state index contributed by atoms with van der Waals surface area (Å²) < 4.78 is 5.58. The van der Waals surface area contributed by atoms with Gasteiger partial charge in [-0.15, -0.1) is 0 Å². The lowest BCUT2D eigenvalue weighted by Gasteiger charge is -2.17. The molecule has 2 atom stereocenters. The van der Waals surface area contributed by atoms with E-state index < -0.39 is 6.10 Å². The number of aliphatic hydroxyl groups is 1. The predicted octanol–water partition coefficient (Wildman–Crippen LogP) is 1.90. The molecule has 0 fully saturated rings. The van der Waals surface area contributed by atoms with E-state index in [1.165, 1.54) is 5.56 Å². The van der Waals surface area contributed by atoms with Crippen molar-refractivity contribution in [3.63, 3.8) is 0 Å². The Morgan fingerprint density at radius 3 is 2.69 bits per heavy atom. The van der Waals surface area contributed by atoms with Crippen LogP contribution in [-0.2, 0) is 0 Å². The molecule has 0 aliphatic carbocycles. The molecule has 3 heteroatoms. The van der Waals surface area contributed by atoms with Crippen molar-refractivity contribution in [2.24, 2.45) is 5.73 Å². The minimum Gasteiger partial charge on any atom is -0.491 e. The molecule has 0 radical (unpaired) electrons. The highest BCUT2D eigenvalue weighted by Gasteiger charge is 2.10. The van der Waals surface area contributed by atoms with Crippen LogP contribution in [0.15, 0.2) is 24.3 Å². The molecule has 90 valence electrons. The van der Waals surface area contributed by atoms with Crippen LogP contribution in [0.2, 0.25) is 0 Å². The van der Waals surface area contributed by atoms with Crippen LogP contribution in [0, 0.1) is 0 Å². The van der Waals surface area contributed by atoms with Crippen molar-refractivity contribution in [2.75, 3.05) is 13.2 Å². The topological polar surface area (TPSA) is 55.5 Å². The first-order valence-corrected chi connectivity index (χ1v) is 5.78. The standard InChI is InChI=1S/C13H21NO2/c1-3-10(2)12-6-4-5-7-13(12)16-9-11(15)8-14/h4-7,10-11,15H,3,8-9,14H2,1-2H3. The molecule has 16 heavy (non-hydrogen) atoms. The van der Waals surface area contributed by atoms with Crippen LogP contribution < -0.4 is 10.5 Å². The lowest BCUT2D eigenvalue weighted by atomic mass is 9.98. The van der Waals surface area contributed by atoms with E-state index in [9.17, 15) is 5.11 Å². The molecule has 3 nitrogen and oxygen atoms in total. The van der Waals surface area contributed by atoms with Gasteiger partial charge >= 0.3 is 0 Å². The van der Waals surface area contributed by atoms with Crippen molar-refractivity contribution in [3.05, 3.63) is 29.8 Å². The molecule has 1 rings (SSSR count). The second kappa shape index (κ2) is 6.51. The Morgan fingerprint density at radius 1 is 1.38 bits per heavy atom. The largest absolute Gasteiger partial charge is 0.491 e. The fraction of sp³-hybridized carbons (Fsp3) is 0.538. The van der Waals surface area contributed by atoms with Crippen molar-refractivity contribution >= 4 is 0 Å². The van der Waals surface area contributed by atoms with E-state index in [1.54, 1.807) is 0 Å². The highest BCUT2D eigenvalue weighted by Crippen LogP contribution is 2.28. The van der Waals surface area contributed by atoms with Gasteiger partial charge in [0.15, 0.2) is 0 Å². The highest BCUT2D eigenvalue weighted by molar-refractivity contribution is 5.35. The fourth-order valence-electron chi connectivity index (χ4n) is 1.49. The summed E-state index contributed by atoms with van der Waals surface area (Å²) in [4.78, 5) is 0. The zero-order chi connectivity index (χ0) is 12.0. The van der Waals surface area contributed by atoms with Gasteiger partial charge in [0.2, 0.25) is 0 Å². The maximum absolute atomic E-state index is 9.36. The molecular formula is C13H21NO2. The zero-order valence-electron chi connectivity index (χ0n) is 10.0. The molecule has 1 aromatic rings. The maximum Gasteiger partial charge on any atom is 0.122 e. The van der Waals surface area contributed by atoms with E-state index in [2.05, 4.69) is 19.9 Å². The van der Waals surface area contributed by atoms with Crippen molar-refractivity contribution in [2.45, 2.75) is 32.3 Å². The molecule has 0 aliphatic rings. The maximum atomic E-state index is 9.36. The minimum absolute atomic E-state index is 0.228. The Hall–Kier alpha value is -1.06. The van der Waals surface area contributed by atoms with Gasteiger partial charge in [-0.2, -0.15) is 0 Å². The van der Waals surface area contributed by atoms with Crippen LogP contribution in [0.25, 0.3) is 0 Å². The quantitative estimate of drug-likeness (QED) is 0.774. The Labute approximate surface area is 97.2 Å². The lowest BCUT2D eigenvalue weighted by molar-refractivity contribution is 0.113. The minimum atomic E-state index is -0.593. The summed E-state index contributed by atoms with van der Waals surface area (Å²) in [6.07, 6.45) is 0.477. The molecule has 0 aromatic heterocycles. The third kappa shape index (κ3) is 3.51. The number of nitrogens with two attached hydrogens (primary N) is 1. The van der Waals surface area contributed by atoms with Gasteiger partial charge in [-0.25, -0.2) is 0 Å². The fourth-order valence-corrected chi connectivity index (χ4v) is 1.49. The number of ether oxygens (including phenoxy) is 1. The Morgan fingerprint density at radius 2 is 2.06 bits per heavy atom. The van der Waals surface area contributed by atoms with Crippen molar-refractivity contribution in [1.29, 1.82) is 0 Å². The van der Waals surface area contributed by atoms with Gasteiger partial charge in [0.05, 0.1) is 0 Å². The van der Waals surface area contributed by atoms with E-state index in [1.807, 2.05) is 18.2 Å². The van der Waals surface area contributed by atoms with Crippen molar-refractivity contribution in [1.82, 2.24) is 0 Å². The van der Waals surface area contributed by atoms with Gasteiger partial charge in [-0.1, -0.05) is 32.0 Å². The number of para-hydroxylation sites is 1. The van der Waals surface area contributed by atoms with Crippen molar-refractivity contribution < 1.29 is 9.84 Å². The Balaban J connectivity index is 2.71. The molecule has 0 heterocycles. The second-order valence-electron chi connectivity index (χ2n) is 4.05. The molecule has 0 amide bonds. The Kier molecular flexibility index (Phi) is 5.29. The number of hydrogen-bond acceptors (Lipinski definition) is 3. The van der Waals surface area contributed by atoms with Gasteiger partial charge in [-0.3, -0.25) is 0 Å². The first kappa shape index (κ1) is 13.0. The summed E-state index contributed by atoms with van der Waals surface area (Å²) in [7, 11) is 0. The third-order valence-corrected chi connectivity index (χ3v) is 2.77. The number of hydrogen-bond donors (Lipinski definition) is 2. The predicted molar refractivity (Wildman–Crippen MR) is 65.7 cm³/mol. The third-order valence-electron chi connectivity index (χ3n) is 2.77. The molecule has 2 unspecified atom stereocenters. The number of benzene rings is 1. The summed E-state index contributed by atoms with van der Waals surface area (Å²) in [5.41, 5.74) is 6.52. The van der Waals surface area contributed by atoms with E-state index in [4.69, 9.17) is 10.5 Å². The van der Waals surface area contributed by atoms with Gasteiger partial charge in [0.1, 0.15) is 18.5 Å². The first-order valence-electron chi connectivity index (χ1n) is 5.78. The van der Waals surface area contributed by atoms with Crippen molar-refractivity contribution in [3.8, 4) is 5.75 Å². The molecule has 3 N–H and O–H groups in total. The summed E-state index contributed by atoms with van der Waals surface area (Å²) in [5, 5.41) is 9.36. The second-order valence-corrected chi connectivity index (χ2v) is 4.05.